The van der Waals surface area contributed by atoms with Crippen LogP contribution in [0.1, 0.15) is 5.56 Å². The average molecular weight is 497 g/mol. The molecule has 148 valence electrons. The van der Waals surface area contributed by atoms with E-state index in [1.54, 1.807) is 20.4 Å². The topological polar surface area (TPSA) is 34.1 Å². The van der Waals surface area contributed by atoms with Crippen LogP contribution in [0.5, 0.6) is 11.5 Å². The molecule has 0 saturated heterocycles. The summed E-state index contributed by atoms with van der Waals surface area (Å²) in [6.45, 7) is 1.33. The van der Waals surface area contributed by atoms with Crippen LogP contribution in [0.2, 0.25) is 0 Å². The number of alkyl halides is 2. The van der Waals surface area contributed by atoms with Gasteiger partial charge < -0.3 is 14.4 Å². The summed E-state index contributed by atoms with van der Waals surface area (Å²) in [4.78, 5) is 6.60. The maximum Gasteiger partial charge on any atom is 0.143 e. The summed E-state index contributed by atoms with van der Waals surface area (Å²) < 4.78 is 12.1. The third-order valence-corrected chi connectivity index (χ3v) is 4.57. The SMILES string of the molecule is COc1cc(N(CCCl)CCCl)c(OC)cc1C=Nc1cccc(Br)c1.Cl. The van der Waals surface area contributed by atoms with Crippen LogP contribution >= 0.6 is 51.5 Å². The van der Waals surface area contributed by atoms with Crippen LogP contribution in [0, 0.1) is 0 Å². The van der Waals surface area contributed by atoms with Gasteiger partial charge in [-0.2, -0.15) is 0 Å². The predicted molar refractivity (Wildman–Crippen MR) is 122 cm³/mol. The number of rotatable bonds is 9. The lowest BCUT2D eigenvalue weighted by Crippen LogP contribution is -2.28. The number of hydrogen-bond donors (Lipinski definition) is 0. The van der Waals surface area contributed by atoms with E-state index in [1.807, 2.05) is 36.4 Å². The van der Waals surface area contributed by atoms with Crippen molar-refractivity contribution in [1.29, 1.82) is 0 Å². The van der Waals surface area contributed by atoms with Gasteiger partial charge in [-0.15, -0.1) is 35.6 Å². The van der Waals surface area contributed by atoms with Crippen molar-refractivity contribution < 1.29 is 9.47 Å². The van der Waals surface area contributed by atoms with Crippen molar-refractivity contribution >= 4 is 69.1 Å². The highest BCUT2D eigenvalue weighted by Crippen LogP contribution is 2.35. The van der Waals surface area contributed by atoms with E-state index in [0.717, 1.165) is 27.2 Å². The van der Waals surface area contributed by atoms with Crippen molar-refractivity contribution in [3.63, 3.8) is 0 Å². The van der Waals surface area contributed by atoms with Gasteiger partial charge in [0.2, 0.25) is 0 Å². The summed E-state index contributed by atoms with van der Waals surface area (Å²) >= 11 is 15.3. The van der Waals surface area contributed by atoms with Gasteiger partial charge in [-0.3, -0.25) is 4.99 Å². The molecule has 0 bridgehead atoms. The zero-order valence-corrected chi connectivity index (χ0v) is 19.0. The van der Waals surface area contributed by atoms with Gasteiger partial charge in [-0.1, -0.05) is 22.0 Å². The second kappa shape index (κ2) is 12.3. The van der Waals surface area contributed by atoms with Gasteiger partial charge in [0.15, 0.2) is 0 Å². The first kappa shape index (κ1) is 23.9. The molecule has 0 saturated carbocycles. The van der Waals surface area contributed by atoms with Crippen molar-refractivity contribution in [3.05, 3.63) is 46.4 Å². The van der Waals surface area contributed by atoms with Gasteiger partial charge >= 0.3 is 0 Å². The number of halogens is 4. The minimum absolute atomic E-state index is 0. The van der Waals surface area contributed by atoms with E-state index in [2.05, 4.69) is 25.8 Å². The largest absolute Gasteiger partial charge is 0.496 e. The van der Waals surface area contributed by atoms with E-state index in [9.17, 15) is 0 Å². The van der Waals surface area contributed by atoms with Crippen LogP contribution in [-0.2, 0) is 0 Å². The van der Waals surface area contributed by atoms with E-state index >= 15 is 0 Å². The summed E-state index contributed by atoms with van der Waals surface area (Å²) in [6, 6.07) is 11.6. The molecule has 0 radical (unpaired) electrons. The molecular formula is C19H22BrCl3N2O2. The molecular weight excluding hydrogens is 474 g/mol. The highest BCUT2D eigenvalue weighted by molar-refractivity contribution is 9.10. The second-order valence-electron chi connectivity index (χ2n) is 5.37. The summed E-state index contributed by atoms with van der Waals surface area (Å²) in [5.74, 6) is 2.41. The maximum atomic E-state index is 5.93. The Hall–Kier alpha value is -1.14. The smallest absolute Gasteiger partial charge is 0.143 e. The molecule has 27 heavy (non-hydrogen) atoms. The molecule has 0 aliphatic carbocycles. The highest BCUT2D eigenvalue weighted by atomic mass is 79.9. The van der Waals surface area contributed by atoms with Crippen LogP contribution in [0.15, 0.2) is 45.9 Å². The lowest BCUT2D eigenvalue weighted by Gasteiger charge is -2.26. The summed E-state index contributed by atoms with van der Waals surface area (Å²) in [5, 5.41) is 0. The number of hydrogen-bond acceptors (Lipinski definition) is 4. The van der Waals surface area contributed by atoms with Gasteiger partial charge in [0, 0.05) is 47.2 Å². The fraction of sp³-hybridized carbons (Fsp3) is 0.316. The van der Waals surface area contributed by atoms with E-state index in [4.69, 9.17) is 32.7 Å². The first-order chi connectivity index (χ1) is 12.6. The van der Waals surface area contributed by atoms with Crippen LogP contribution < -0.4 is 14.4 Å². The second-order valence-corrected chi connectivity index (χ2v) is 7.04. The van der Waals surface area contributed by atoms with Crippen LogP contribution in [-0.4, -0.2) is 45.3 Å². The molecule has 0 spiro atoms. The Morgan fingerprint density at radius 2 is 1.70 bits per heavy atom. The number of methoxy groups -OCH3 is 2. The molecule has 2 rings (SSSR count). The maximum absolute atomic E-state index is 5.93. The predicted octanol–water partition coefficient (Wildman–Crippen LogP) is 5.92. The van der Waals surface area contributed by atoms with Crippen LogP contribution in [0.3, 0.4) is 0 Å². The first-order valence-electron chi connectivity index (χ1n) is 8.05. The summed E-state index contributed by atoms with van der Waals surface area (Å²) in [5.41, 5.74) is 2.56. The van der Waals surface area contributed by atoms with Crippen molar-refractivity contribution in [3.8, 4) is 11.5 Å². The molecule has 0 fully saturated rings. The van der Waals surface area contributed by atoms with Gasteiger partial charge in [-0.25, -0.2) is 0 Å². The molecule has 2 aromatic carbocycles. The molecule has 0 heterocycles. The molecule has 2 aromatic rings. The normalized spacial score (nSPS) is 10.6. The number of anilines is 1. The Labute approximate surface area is 185 Å². The quantitative estimate of drug-likeness (QED) is 0.319. The molecule has 0 amide bonds. The molecule has 0 N–H and O–H groups in total. The van der Waals surface area contributed by atoms with E-state index in [-0.39, 0.29) is 12.4 Å². The van der Waals surface area contributed by atoms with E-state index in [1.165, 1.54) is 0 Å². The van der Waals surface area contributed by atoms with Crippen molar-refractivity contribution in [2.75, 3.05) is 44.0 Å². The lowest BCUT2D eigenvalue weighted by atomic mass is 10.1. The molecule has 0 aliphatic rings. The average Bonchev–Trinajstić information content (AvgIpc) is 2.65. The van der Waals surface area contributed by atoms with E-state index < -0.39 is 0 Å². The Bertz CT molecular complexity index is 754. The number of benzene rings is 2. The van der Waals surface area contributed by atoms with Gasteiger partial charge in [0.05, 0.1) is 25.6 Å². The molecule has 0 unspecified atom stereocenters. The molecule has 0 aromatic heterocycles. The Morgan fingerprint density at radius 1 is 1.04 bits per heavy atom. The van der Waals surface area contributed by atoms with Crippen molar-refractivity contribution in [1.82, 2.24) is 0 Å². The highest BCUT2D eigenvalue weighted by Gasteiger charge is 2.15. The lowest BCUT2D eigenvalue weighted by molar-refractivity contribution is 0.402. The van der Waals surface area contributed by atoms with Gasteiger partial charge in [0.1, 0.15) is 11.5 Å². The number of nitrogens with zero attached hydrogens (tertiary/aromatic N) is 2. The zero-order valence-electron chi connectivity index (χ0n) is 15.1. The Balaban J connectivity index is 0.00000364. The van der Waals surface area contributed by atoms with Gasteiger partial charge in [-0.05, 0) is 24.3 Å². The van der Waals surface area contributed by atoms with Crippen LogP contribution in [0.25, 0.3) is 0 Å². The molecule has 8 heteroatoms. The fourth-order valence-corrected chi connectivity index (χ4v) is 3.31. The molecule has 0 aliphatic heterocycles. The van der Waals surface area contributed by atoms with E-state index in [0.29, 0.717) is 30.6 Å². The molecule has 4 nitrogen and oxygen atoms in total. The standard InChI is InChI=1S/C19H21BrCl2N2O2.ClH/c1-25-18-12-17(24(8-6-21)9-7-22)19(26-2)10-14(18)13-23-16-5-3-4-15(20)11-16;/h3-5,10-13H,6-9H2,1-2H3;1H. The zero-order chi connectivity index (χ0) is 18.9. The first-order valence-corrected chi connectivity index (χ1v) is 9.91. The summed E-state index contributed by atoms with van der Waals surface area (Å²) in [7, 11) is 3.27. The minimum Gasteiger partial charge on any atom is -0.496 e. The fourth-order valence-electron chi connectivity index (χ4n) is 2.51. The Kier molecular flexibility index (Phi) is 10.9. The number of aliphatic imine (C=N–C) groups is 1. The van der Waals surface area contributed by atoms with Crippen LogP contribution in [0.4, 0.5) is 11.4 Å². The van der Waals surface area contributed by atoms with Crippen molar-refractivity contribution in [2.24, 2.45) is 4.99 Å². The van der Waals surface area contributed by atoms with Crippen molar-refractivity contribution in [2.45, 2.75) is 0 Å². The third kappa shape index (κ3) is 6.75. The molecule has 0 atom stereocenters. The Morgan fingerprint density at radius 3 is 2.26 bits per heavy atom. The monoisotopic (exact) mass is 494 g/mol. The number of ether oxygens (including phenoxy) is 2. The third-order valence-electron chi connectivity index (χ3n) is 3.74. The minimum atomic E-state index is 0. The van der Waals surface area contributed by atoms with Gasteiger partial charge in [0.25, 0.3) is 0 Å². The summed E-state index contributed by atoms with van der Waals surface area (Å²) in [6.07, 6.45) is 1.76.